The zero-order chi connectivity index (χ0) is 35.4. The van der Waals surface area contributed by atoms with E-state index in [1.54, 1.807) is 18.2 Å². The Labute approximate surface area is 283 Å². The number of nitrogens with one attached hydrogen (secondary N) is 1. The van der Waals surface area contributed by atoms with Gasteiger partial charge in [0, 0.05) is 30.8 Å². The van der Waals surface area contributed by atoms with Gasteiger partial charge in [0.25, 0.3) is 5.91 Å². The summed E-state index contributed by atoms with van der Waals surface area (Å²) in [4.78, 5) is 29.2. The summed E-state index contributed by atoms with van der Waals surface area (Å²) in [5.74, 6) is -3.48. The van der Waals surface area contributed by atoms with E-state index in [1.165, 1.54) is 4.90 Å². The number of halogens is 2. The van der Waals surface area contributed by atoms with Crippen LogP contribution in [0.5, 0.6) is 0 Å². The molecule has 0 saturated heterocycles. The molecule has 11 heteroatoms. The molecule has 0 fully saturated rings. The number of aliphatic hydroxyl groups is 1. The van der Waals surface area contributed by atoms with Crippen LogP contribution in [0, 0.1) is 18.6 Å². The number of benzene rings is 3. The molecule has 3 rings (SSSR count). The normalized spacial score (nSPS) is 13.6. The third-order valence-corrected chi connectivity index (χ3v) is 10.7. The van der Waals surface area contributed by atoms with E-state index in [0.29, 0.717) is 25.7 Å². The van der Waals surface area contributed by atoms with E-state index >= 15 is 0 Å². The van der Waals surface area contributed by atoms with Gasteiger partial charge in [0.05, 0.1) is 17.1 Å². The van der Waals surface area contributed by atoms with Crippen LogP contribution in [0.4, 0.5) is 8.78 Å². The predicted molar refractivity (Wildman–Crippen MR) is 185 cm³/mol. The highest BCUT2D eigenvalue weighted by Crippen LogP contribution is 2.20. The fourth-order valence-corrected chi connectivity index (χ4v) is 7.99. The fraction of sp³-hybridized carbons (Fsp3) is 0.459. The lowest BCUT2D eigenvalue weighted by atomic mass is 10.0. The fourth-order valence-electron chi connectivity index (χ4n) is 5.84. The molecule has 2 amide bonds. The topological polar surface area (TPSA) is 130 Å². The molecular weight excluding hydrogens is 636 g/mol. The summed E-state index contributed by atoms with van der Waals surface area (Å²) in [5.41, 5.74) is 9.37. The summed E-state index contributed by atoms with van der Waals surface area (Å²) in [6.45, 7) is 7.28. The predicted octanol–water partition coefficient (Wildman–Crippen LogP) is 5.28. The van der Waals surface area contributed by atoms with Crippen LogP contribution in [-0.4, -0.2) is 66.0 Å². The molecule has 48 heavy (non-hydrogen) atoms. The van der Waals surface area contributed by atoms with Crippen LogP contribution in [0.2, 0.25) is 0 Å². The van der Waals surface area contributed by atoms with Crippen molar-refractivity contribution in [1.82, 2.24) is 10.2 Å². The number of nitrogens with two attached hydrogens (primary N) is 1. The van der Waals surface area contributed by atoms with E-state index in [0.717, 1.165) is 41.3 Å². The van der Waals surface area contributed by atoms with Crippen molar-refractivity contribution in [3.63, 3.8) is 0 Å². The molecule has 1 unspecified atom stereocenters. The van der Waals surface area contributed by atoms with Gasteiger partial charge in [0.1, 0.15) is 17.7 Å². The molecule has 0 aliphatic carbocycles. The van der Waals surface area contributed by atoms with Crippen molar-refractivity contribution in [2.45, 2.75) is 96.2 Å². The molecule has 0 aromatic heterocycles. The lowest BCUT2D eigenvalue weighted by Gasteiger charge is -2.32. The van der Waals surface area contributed by atoms with E-state index in [-0.39, 0.29) is 30.6 Å². The first-order valence-corrected chi connectivity index (χ1v) is 18.3. The third kappa shape index (κ3) is 11.5. The number of amides is 2. The highest BCUT2D eigenvalue weighted by molar-refractivity contribution is 7.92. The minimum atomic E-state index is -3.86. The number of nitrogens with zero attached hydrogens (tertiary/aromatic N) is 1. The SMILES string of the molecule is CCCC(CCC)S(=O)(=O)CC(NC(=O)c1cccc(C)c1)C(=O)N(Cc1cccc(CC)c1)C[C@@H](O)[C@@H](N)Cc1cc(F)cc(F)c1. The molecule has 262 valence electrons. The van der Waals surface area contributed by atoms with Crippen LogP contribution in [0.3, 0.4) is 0 Å². The molecule has 0 saturated carbocycles. The molecule has 0 bridgehead atoms. The van der Waals surface area contributed by atoms with Crippen LogP contribution in [0.15, 0.2) is 66.7 Å². The van der Waals surface area contributed by atoms with Crippen LogP contribution in [0.1, 0.15) is 79.1 Å². The van der Waals surface area contributed by atoms with Gasteiger partial charge < -0.3 is 21.1 Å². The van der Waals surface area contributed by atoms with Crippen molar-refractivity contribution in [2.75, 3.05) is 12.3 Å². The molecule has 8 nitrogen and oxygen atoms in total. The summed E-state index contributed by atoms with van der Waals surface area (Å²) in [7, 11) is -3.86. The number of rotatable bonds is 18. The molecule has 3 atom stereocenters. The molecule has 3 aromatic rings. The first-order chi connectivity index (χ1) is 22.8. The molecule has 0 radical (unpaired) electrons. The molecule has 3 aromatic carbocycles. The second-order valence-corrected chi connectivity index (χ2v) is 14.9. The van der Waals surface area contributed by atoms with E-state index in [9.17, 15) is 31.9 Å². The Kier molecular flexibility index (Phi) is 14.7. The third-order valence-electron chi connectivity index (χ3n) is 8.39. The quantitative estimate of drug-likeness (QED) is 0.167. The lowest BCUT2D eigenvalue weighted by molar-refractivity contribution is -0.135. The Morgan fingerprint density at radius 3 is 2.12 bits per heavy atom. The van der Waals surface area contributed by atoms with Gasteiger partial charge in [-0.25, -0.2) is 17.2 Å². The number of carbonyl (C=O) groups excluding carboxylic acids is 2. The summed E-state index contributed by atoms with van der Waals surface area (Å²) < 4.78 is 55.3. The summed E-state index contributed by atoms with van der Waals surface area (Å²) in [6.07, 6.45) is 1.42. The first kappa shape index (κ1) is 38.8. The standard InChI is InChI=1S/C37H49F2N3O5S/c1-5-10-32(11-6-2)48(46,47)24-34(41-36(44)29-15-8-12-25(4)16-29)37(45)42(22-27-14-9-13-26(7-3)17-27)23-35(43)33(40)20-28-18-30(38)21-31(39)19-28/h8-9,12-19,21,32-35,43H,5-7,10-11,20,22-24,40H2,1-4H3,(H,41,44)/t33-,34?,35+/m0/s1. The summed E-state index contributed by atoms with van der Waals surface area (Å²) in [6, 6.07) is 14.8. The Morgan fingerprint density at radius 1 is 0.896 bits per heavy atom. The van der Waals surface area contributed by atoms with Crippen molar-refractivity contribution in [2.24, 2.45) is 5.73 Å². The largest absolute Gasteiger partial charge is 0.390 e. The second kappa shape index (κ2) is 18.2. The average Bonchev–Trinajstić information content (AvgIpc) is 3.03. The molecular formula is C37H49F2N3O5S. The Balaban J connectivity index is 2.00. The maximum absolute atomic E-state index is 14.5. The average molecular weight is 686 g/mol. The molecule has 4 N–H and O–H groups in total. The highest BCUT2D eigenvalue weighted by atomic mass is 32.2. The lowest BCUT2D eigenvalue weighted by Crippen LogP contribution is -2.55. The number of sulfone groups is 1. The van der Waals surface area contributed by atoms with Gasteiger partial charge in [-0.2, -0.15) is 0 Å². The monoisotopic (exact) mass is 685 g/mol. The number of carbonyl (C=O) groups is 2. The number of hydrogen-bond donors (Lipinski definition) is 3. The van der Waals surface area contributed by atoms with Crippen LogP contribution in [0.25, 0.3) is 0 Å². The van der Waals surface area contributed by atoms with Crippen molar-refractivity contribution in [1.29, 1.82) is 0 Å². The van der Waals surface area contributed by atoms with Gasteiger partial charge >= 0.3 is 0 Å². The minimum absolute atomic E-state index is 0.00470. The summed E-state index contributed by atoms with van der Waals surface area (Å²) >= 11 is 0. The summed E-state index contributed by atoms with van der Waals surface area (Å²) in [5, 5.41) is 13.2. The maximum atomic E-state index is 14.5. The minimum Gasteiger partial charge on any atom is -0.390 e. The molecule has 0 aliphatic heterocycles. The Hall–Kier alpha value is -3.67. The van der Waals surface area contributed by atoms with Crippen molar-refractivity contribution in [3.8, 4) is 0 Å². The van der Waals surface area contributed by atoms with Gasteiger partial charge in [-0.1, -0.05) is 75.6 Å². The van der Waals surface area contributed by atoms with E-state index < -0.39 is 62.5 Å². The highest BCUT2D eigenvalue weighted by Gasteiger charge is 2.35. The number of aryl methyl sites for hydroxylation is 2. The number of hydrogen-bond acceptors (Lipinski definition) is 6. The molecule has 0 spiro atoms. The van der Waals surface area contributed by atoms with Crippen LogP contribution >= 0.6 is 0 Å². The second-order valence-electron chi connectivity index (χ2n) is 12.5. The Morgan fingerprint density at radius 2 is 1.52 bits per heavy atom. The van der Waals surface area contributed by atoms with Crippen LogP contribution in [-0.2, 0) is 34.0 Å². The van der Waals surface area contributed by atoms with E-state index in [4.69, 9.17) is 5.73 Å². The van der Waals surface area contributed by atoms with Gasteiger partial charge in [0.2, 0.25) is 5.91 Å². The smallest absolute Gasteiger partial charge is 0.251 e. The van der Waals surface area contributed by atoms with Crippen LogP contribution < -0.4 is 11.1 Å². The van der Waals surface area contributed by atoms with Crippen molar-refractivity contribution >= 4 is 21.7 Å². The van der Waals surface area contributed by atoms with Gasteiger partial charge in [-0.3, -0.25) is 9.59 Å². The van der Waals surface area contributed by atoms with Gasteiger partial charge in [-0.15, -0.1) is 0 Å². The van der Waals surface area contributed by atoms with Gasteiger partial charge in [0.15, 0.2) is 9.84 Å². The maximum Gasteiger partial charge on any atom is 0.251 e. The zero-order valence-electron chi connectivity index (χ0n) is 28.3. The van der Waals surface area contributed by atoms with Crippen molar-refractivity contribution in [3.05, 3.63) is 106 Å². The van der Waals surface area contributed by atoms with Crippen molar-refractivity contribution < 1.29 is 31.9 Å². The first-order valence-electron chi connectivity index (χ1n) is 16.6. The molecule has 0 heterocycles. The van der Waals surface area contributed by atoms with Gasteiger partial charge in [-0.05, 0) is 73.6 Å². The molecule has 0 aliphatic rings. The Bertz CT molecular complexity index is 1610. The zero-order valence-corrected chi connectivity index (χ0v) is 29.1. The number of aliphatic hydroxyl groups excluding tert-OH is 1. The van der Waals surface area contributed by atoms with E-state index in [2.05, 4.69) is 5.32 Å². The van der Waals surface area contributed by atoms with E-state index in [1.807, 2.05) is 58.0 Å².